The van der Waals surface area contributed by atoms with E-state index in [4.69, 9.17) is 9.47 Å². The van der Waals surface area contributed by atoms with Crippen LogP contribution in [-0.2, 0) is 23.9 Å². The number of allylic oxidation sites excluding steroid dienone is 1. The van der Waals surface area contributed by atoms with Crippen LogP contribution in [0, 0.1) is 0 Å². The van der Waals surface area contributed by atoms with Crippen molar-refractivity contribution in [3.05, 3.63) is 12.7 Å². The van der Waals surface area contributed by atoms with E-state index in [9.17, 15) is 14.4 Å². The van der Waals surface area contributed by atoms with Crippen LogP contribution in [0.15, 0.2) is 12.7 Å². The monoisotopic (exact) mass is 353 g/mol. The first kappa shape index (κ1) is 21.2. The summed E-state index contributed by atoms with van der Waals surface area (Å²) in [6.07, 6.45) is 5.96. The van der Waals surface area contributed by atoms with E-state index in [1.54, 1.807) is 31.7 Å². The molecule has 0 saturated heterocycles. The summed E-state index contributed by atoms with van der Waals surface area (Å²) in [7, 11) is 1.27. The Kier molecular flexibility index (Phi) is 8.13. The molecule has 25 heavy (non-hydrogen) atoms. The second-order valence-electron chi connectivity index (χ2n) is 7.40. The number of amides is 1. The molecule has 1 atom stereocenters. The fraction of sp³-hybridized carbons (Fsp3) is 0.737. The van der Waals surface area contributed by atoms with Gasteiger partial charge in [0.05, 0.1) is 13.5 Å². The summed E-state index contributed by atoms with van der Waals surface area (Å²) in [5, 5.41) is 0. The third-order valence-corrected chi connectivity index (χ3v) is 4.16. The molecule has 1 saturated carbocycles. The summed E-state index contributed by atoms with van der Waals surface area (Å²) in [6.45, 7) is 8.94. The van der Waals surface area contributed by atoms with Crippen LogP contribution in [0.25, 0.3) is 0 Å². The zero-order valence-electron chi connectivity index (χ0n) is 15.9. The second-order valence-corrected chi connectivity index (χ2v) is 7.40. The Hall–Kier alpha value is -1.85. The van der Waals surface area contributed by atoms with E-state index in [1.807, 2.05) is 0 Å². The van der Waals surface area contributed by atoms with Gasteiger partial charge >= 0.3 is 11.9 Å². The SMILES string of the molecule is C=CCCC(=O)N(C1CCCC1)[C@H](CC(=O)OC(C)(C)C)C(=O)OC. The summed E-state index contributed by atoms with van der Waals surface area (Å²) in [5.74, 6) is -1.24. The largest absolute Gasteiger partial charge is 0.467 e. The average Bonchev–Trinajstić information content (AvgIpc) is 3.03. The minimum atomic E-state index is -0.944. The Morgan fingerprint density at radius 1 is 1.24 bits per heavy atom. The highest BCUT2D eigenvalue weighted by Crippen LogP contribution is 2.28. The third-order valence-electron chi connectivity index (χ3n) is 4.16. The highest BCUT2D eigenvalue weighted by molar-refractivity contribution is 5.88. The number of hydrogen-bond donors (Lipinski definition) is 0. The molecule has 0 aliphatic heterocycles. The van der Waals surface area contributed by atoms with Gasteiger partial charge in [-0.2, -0.15) is 0 Å². The van der Waals surface area contributed by atoms with Crippen LogP contribution in [0.1, 0.15) is 65.7 Å². The number of hydrogen-bond acceptors (Lipinski definition) is 5. The van der Waals surface area contributed by atoms with E-state index in [0.717, 1.165) is 25.7 Å². The van der Waals surface area contributed by atoms with Gasteiger partial charge in [-0.1, -0.05) is 18.9 Å². The minimum Gasteiger partial charge on any atom is -0.467 e. The standard InChI is InChI=1S/C19H31NO5/c1-6-7-12-16(21)20(14-10-8-9-11-14)15(18(23)24-5)13-17(22)25-19(2,3)4/h6,14-15H,1,7-13H2,2-5H3/t15-/m1/s1. The summed E-state index contributed by atoms with van der Waals surface area (Å²) in [6, 6.07) is -0.982. The predicted molar refractivity (Wildman–Crippen MR) is 94.8 cm³/mol. The molecule has 0 N–H and O–H groups in total. The van der Waals surface area contributed by atoms with Gasteiger partial charge in [-0.15, -0.1) is 6.58 Å². The molecule has 0 aromatic carbocycles. The van der Waals surface area contributed by atoms with Crippen molar-refractivity contribution in [2.75, 3.05) is 7.11 Å². The molecule has 1 amide bonds. The van der Waals surface area contributed by atoms with Crippen molar-refractivity contribution in [1.29, 1.82) is 0 Å². The Balaban J connectivity index is 3.02. The number of ether oxygens (including phenoxy) is 2. The lowest BCUT2D eigenvalue weighted by Crippen LogP contribution is -2.51. The normalized spacial score (nSPS) is 16.2. The van der Waals surface area contributed by atoms with Crippen molar-refractivity contribution in [1.82, 2.24) is 4.90 Å². The lowest BCUT2D eigenvalue weighted by atomic mass is 10.1. The molecule has 1 fully saturated rings. The Labute approximate surface area is 150 Å². The van der Waals surface area contributed by atoms with Crippen LogP contribution >= 0.6 is 0 Å². The van der Waals surface area contributed by atoms with Crippen molar-refractivity contribution >= 4 is 17.8 Å². The van der Waals surface area contributed by atoms with Crippen molar-refractivity contribution in [2.24, 2.45) is 0 Å². The van der Waals surface area contributed by atoms with Crippen molar-refractivity contribution < 1.29 is 23.9 Å². The van der Waals surface area contributed by atoms with Crippen molar-refractivity contribution in [3.8, 4) is 0 Å². The molecule has 142 valence electrons. The molecule has 0 unspecified atom stereocenters. The maximum atomic E-state index is 12.7. The van der Waals surface area contributed by atoms with E-state index < -0.39 is 23.6 Å². The topological polar surface area (TPSA) is 72.9 Å². The molecule has 0 aromatic heterocycles. The zero-order valence-corrected chi connectivity index (χ0v) is 15.9. The Morgan fingerprint density at radius 3 is 2.32 bits per heavy atom. The number of rotatable bonds is 8. The fourth-order valence-electron chi connectivity index (χ4n) is 3.14. The molecule has 0 heterocycles. The molecule has 0 aromatic rings. The summed E-state index contributed by atoms with van der Waals surface area (Å²) >= 11 is 0. The van der Waals surface area contributed by atoms with Crippen LogP contribution < -0.4 is 0 Å². The summed E-state index contributed by atoms with van der Waals surface area (Å²) in [5.41, 5.74) is -0.650. The van der Waals surface area contributed by atoms with Gasteiger partial charge in [0.2, 0.25) is 5.91 Å². The molecular formula is C19H31NO5. The first-order valence-electron chi connectivity index (χ1n) is 8.91. The van der Waals surface area contributed by atoms with E-state index in [0.29, 0.717) is 6.42 Å². The third kappa shape index (κ3) is 6.88. The number of nitrogens with zero attached hydrogens (tertiary/aromatic N) is 1. The highest BCUT2D eigenvalue weighted by atomic mass is 16.6. The quantitative estimate of drug-likeness (QED) is 0.495. The smallest absolute Gasteiger partial charge is 0.329 e. The molecule has 1 aliphatic carbocycles. The molecule has 6 heteroatoms. The minimum absolute atomic E-state index is 0.0381. The Morgan fingerprint density at radius 2 is 1.84 bits per heavy atom. The van der Waals surface area contributed by atoms with E-state index in [-0.39, 0.29) is 24.8 Å². The van der Waals surface area contributed by atoms with Crippen LogP contribution in [0.2, 0.25) is 0 Å². The fourth-order valence-corrected chi connectivity index (χ4v) is 3.14. The van der Waals surface area contributed by atoms with E-state index in [2.05, 4.69) is 6.58 Å². The molecule has 6 nitrogen and oxygen atoms in total. The maximum absolute atomic E-state index is 12.7. The van der Waals surface area contributed by atoms with E-state index >= 15 is 0 Å². The molecule has 1 rings (SSSR count). The number of esters is 2. The van der Waals surface area contributed by atoms with Gasteiger partial charge in [0.15, 0.2) is 0 Å². The van der Waals surface area contributed by atoms with Gasteiger partial charge in [-0.25, -0.2) is 4.79 Å². The maximum Gasteiger partial charge on any atom is 0.329 e. The van der Waals surface area contributed by atoms with Gasteiger partial charge in [-0.05, 0) is 40.0 Å². The lowest BCUT2D eigenvalue weighted by Gasteiger charge is -2.35. The van der Waals surface area contributed by atoms with Gasteiger partial charge in [0, 0.05) is 12.5 Å². The van der Waals surface area contributed by atoms with Crippen LogP contribution in [0.3, 0.4) is 0 Å². The second kappa shape index (κ2) is 9.59. The average molecular weight is 353 g/mol. The van der Waals surface area contributed by atoms with E-state index in [1.165, 1.54) is 7.11 Å². The van der Waals surface area contributed by atoms with Gasteiger partial charge in [0.1, 0.15) is 11.6 Å². The molecule has 0 spiro atoms. The van der Waals surface area contributed by atoms with Crippen LogP contribution in [0.4, 0.5) is 0 Å². The molecular weight excluding hydrogens is 322 g/mol. The number of methoxy groups -OCH3 is 1. The predicted octanol–water partition coefficient (Wildman–Crippen LogP) is 3.00. The molecule has 0 bridgehead atoms. The van der Waals surface area contributed by atoms with Crippen LogP contribution in [-0.4, -0.2) is 47.5 Å². The number of carbonyl (C=O) groups is 3. The lowest BCUT2D eigenvalue weighted by molar-refractivity contribution is -0.164. The molecule has 0 radical (unpaired) electrons. The first-order chi connectivity index (χ1) is 11.7. The first-order valence-corrected chi connectivity index (χ1v) is 8.91. The van der Waals surface area contributed by atoms with Gasteiger partial charge in [-0.3, -0.25) is 9.59 Å². The number of carbonyl (C=O) groups excluding carboxylic acids is 3. The zero-order chi connectivity index (χ0) is 19.0. The van der Waals surface area contributed by atoms with Gasteiger partial charge in [0.25, 0.3) is 0 Å². The highest BCUT2D eigenvalue weighted by Gasteiger charge is 2.38. The van der Waals surface area contributed by atoms with Crippen molar-refractivity contribution in [3.63, 3.8) is 0 Å². The van der Waals surface area contributed by atoms with Gasteiger partial charge < -0.3 is 14.4 Å². The summed E-state index contributed by atoms with van der Waals surface area (Å²) in [4.78, 5) is 38.9. The Bertz CT molecular complexity index is 489. The summed E-state index contributed by atoms with van der Waals surface area (Å²) < 4.78 is 10.2. The molecule has 1 aliphatic rings. The van der Waals surface area contributed by atoms with Crippen molar-refractivity contribution in [2.45, 2.75) is 83.4 Å². The van der Waals surface area contributed by atoms with Crippen LogP contribution in [0.5, 0.6) is 0 Å².